The van der Waals surface area contributed by atoms with Crippen LogP contribution in [0.25, 0.3) is 0 Å². The highest BCUT2D eigenvalue weighted by Crippen LogP contribution is 2.01. The number of nitrogens with two attached hydrogens (primary N) is 1. The van der Waals surface area contributed by atoms with Gasteiger partial charge in [-0.05, 0) is 33.5 Å². The number of hydrogen-bond acceptors (Lipinski definition) is 4. The second-order valence-electron chi connectivity index (χ2n) is 3.69. The number of rotatable bonds is 5. The molecule has 14 heavy (non-hydrogen) atoms. The van der Waals surface area contributed by atoms with Crippen molar-refractivity contribution in [3.05, 3.63) is 18.2 Å². The Hall–Kier alpha value is -1.16. The highest BCUT2D eigenvalue weighted by Gasteiger charge is 1.96. The number of hydrogen-bond donors (Lipinski definition) is 1. The van der Waals surface area contributed by atoms with Gasteiger partial charge in [-0.2, -0.15) is 0 Å². The molecular weight excluding hydrogens is 176 g/mol. The lowest BCUT2D eigenvalue weighted by atomic mass is 10.2. The Morgan fingerprint density at radius 3 is 2.43 bits per heavy atom. The van der Waals surface area contributed by atoms with Crippen molar-refractivity contribution >= 4 is 5.69 Å². The summed E-state index contributed by atoms with van der Waals surface area (Å²) in [6.45, 7) is 1.12. The maximum atomic E-state index is 5.49. The third-order valence-corrected chi connectivity index (χ3v) is 1.98. The van der Waals surface area contributed by atoms with E-state index < -0.39 is 0 Å². The monoisotopic (exact) mass is 194 g/mol. The molecule has 0 aliphatic carbocycles. The van der Waals surface area contributed by atoms with Crippen molar-refractivity contribution < 1.29 is 0 Å². The van der Waals surface area contributed by atoms with Crippen LogP contribution in [0, 0.1) is 0 Å². The van der Waals surface area contributed by atoms with Crippen LogP contribution >= 0.6 is 0 Å². The van der Waals surface area contributed by atoms with Gasteiger partial charge in [0.15, 0.2) is 0 Å². The van der Waals surface area contributed by atoms with E-state index in [1.165, 1.54) is 6.42 Å². The Morgan fingerprint density at radius 2 is 1.86 bits per heavy atom. The lowest BCUT2D eigenvalue weighted by molar-refractivity contribution is 0.393. The molecule has 0 unspecified atom stereocenters. The van der Waals surface area contributed by atoms with Crippen molar-refractivity contribution in [3.63, 3.8) is 0 Å². The topological polar surface area (TPSA) is 55.0 Å². The zero-order valence-corrected chi connectivity index (χ0v) is 8.90. The highest BCUT2D eigenvalue weighted by molar-refractivity contribution is 5.30. The van der Waals surface area contributed by atoms with E-state index in [9.17, 15) is 0 Å². The van der Waals surface area contributed by atoms with Crippen LogP contribution in [0.15, 0.2) is 12.4 Å². The summed E-state index contributed by atoms with van der Waals surface area (Å²) in [4.78, 5) is 10.5. The van der Waals surface area contributed by atoms with Crippen molar-refractivity contribution in [2.75, 3.05) is 26.4 Å². The first-order valence-corrected chi connectivity index (χ1v) is 4.89. The Labute approximate surface area is 85.2 Å². The molecule has 2 N–H and O–H groups in total. The molecule has 4 heteroatoms. The van der Waals surface area contributed by atoms with Crippen LogP contribution in [-0.2, 0) is 6.42 Å². The summed E-state index contributed by atoms with van der Waals surface area (Å²) in [5, 5.41) is 0. The van der Waals surface area contributed by atoms with Crippen molar-refractivity contribution in [2.45, 2.75) is 19.3 Å². The van der Waals surface area contributed by atoms with Crippen molar-refractivity contribution in [1.82, 2.24) is 14.9 Å². The summed E-state index contributed by atoms with van der Waals surface area (Å²) in [6.07, 6.45) is 6.57. The first-order chi connectivity index (χ1) is 6.68. The molecule has 0 spiro atoms. The molecule has 0 atom stereocenters. The average Bonchev–Trinajstić information content (AvgIpc) is 2.15. The molecule has 1 aromatic heterocycles. The summed E-state index contributed by atoms with van der Waals surface area (Å²) in [5.41, 5.74) is 6.12. The molecule has 1 aromatic rings. The van der Waals surface area contributed by atoms with E-state index >= 15 is 0 Å². The summed E-state index contributed by atoms with van der Waals surface area (Å²) in [6, 6.07) is 0. The Bertz CT molecular complexity index is 255. The van der Waals surface area contributed by atoms with Crippen LogP contribution in [-0.4, -0.2) is 35.5 Å². The molecule has 0 aliphatic rings. The molecule has 4 nitrogen and oxygen atoms in total. The molecule has 0 amide bonds. The minimum Gasteiger partial charge on any atom is -0.396 e. The summed E-state index contributed by atoms with van der Waals surface area (Å²) < 4.78 is 0. The molecule has 0 aliphatic heterocycles. The van der Waals surface area contributed by atoms with Gasteiger partial charge in [0, 0.05) is 6.42 Å². The minimum absolute atomic E-state index is 0.627. The van der Waals surface area contributed by atoms with E-state index in [1.54, 1.807) is 12.4 Å². The van der Waals surface area contributed by atoms with Crippen molar-refractivity contribution in [3.8, 4) is 0 Å². The predicted octanol–water partition coefficient (Wildman–Crippen LogP) is 0.943. The van der Waals surface area contributed by atoms with E-state index in [-0.39, 0.29) is 0 Å². The van der Waals surface area contributed by atoms with Gasteiger partial charge in [-0.15, -0.1) is 0 Å². The summed E-state index contributed by atoms with van der Waals surface area (Å²) in [5.74, 6) is 0.887. The molecule has 0 bridgehead atoms. The number of nitrogen functional groups attached to an aromatic ring is 1. The van der Waals surface area contributed by atoms with Gasteiger partial charge < -0.3 is 10.6 Å². The van der Waals surface area contributed by atoms with Crippen LogP contribution in [0.4, 0.5) is 5.69 Å². The lowest BCUT2D eigenvalue weighted by Gasteiger charge is -2.08. The SMILES string of the molecule is CN(C)CCCCc1ncc(N)cn1. The fourth-order valence-corrected chi connectivity index (χ4v) is 1.21. The minimum atomic E-state index is 0.627. The van der Waals surface area contributed by atoms with Gasteiger partial charge in [-0.1, -0.05) is 0 Å². The average molecular weight is 194 g/mol. The predicted molar refractivity (Wildman–Crippen MR) is 57.9 cm³/mol. The van der Waals surface area contributed by atoms with E-state index in [1.807, 2.05) is 0 Å². The second-order valence-corrected chi connectivity index (χ2v) is 3.69. The first kappa shape index (κ1) is 10.9. The van der Waals surface area contributed by atoms with E-state index in [0.29, 0.717) is 5.69 Å². The highest BCUT2D eigenvalue weighted by atomic mass is 15.0. The van der Waals surface area contributed by atoms with Crippen LogP contribution in [0.1, 0.15) is 18.7 Å². The smallest absolute Gasteiger partial charge is 0.128 e. The molecule has 0 fully saturated rings. The van der Waals surface area contributed by atoms with Crippen molar-refractivity contribution in [2.24, 2.45) is 0 Å². The van der Waals surface area contributed by atoms with E-state index in [2.05, 4.69) is 29.0 Å². The van der Waals surface area contributed by atoms with E-state index in [0.717, 1.165) is 25.2 Å². The largest absolute Gasteiger partial charge is 0.396 e. The Balaban J connectivity index is 2.21. The van der Waals surface area contributed by atoms with Crippen LogP contribution in [0.5, 0.6) is 0 Å². The molecule has 0 saturated heterocycles. The maximum absolute atomic E-state index is 5.49. The number of aromatic nitrogens is 2. The number of aryl methyl sites for hydroxylation is 1. The molecule has 1 rings (SSSR count). The van der Waals surface area contributed by atoms with Crippen LogP contribution < -0.4 is 5.73 Å². The van der Waals surface area contributed by atoms with Gasteiger partial charge in [0.1, 0.15) is 5.82 Å². The summed E-state index contributed by atoms with van der Waals surface area (Å²) in [7, 11) is 4.17. The Morgan fingerprint density at radius 1 is 1.21 bits per heavy atom. The second kappa shape index (κ2) is 5.54. The van der Waals surface area contributed by atoms with Gasteiger partial charge in [0.2, 0.25) is 0 Å². The van der Waals surface area contributed by atoms with Gasteiger partial charge >= 0.3 is 0 Å². The third-order valence-electron chi connectivity index (χ3n) is 1.98. The van der Waals surface area contributed by atoms with Gasteiger partial charge in [-0.25, -0.2) is 9.97 Å². The lowest BCUT2D eigenvalue weighted by Crippen LogP contribution is -2.13. The number of anilines is 1. The van der Waals surface area contributed by atoms with E-state index in [4.69, 9.17) is 5.73 Å². The first-order valence-electron chi connectivity index (χ1n) is 4.89. The molecule has 0 aromatic carbocycles. The fourth-order valence-electron chi connectivity index (χ4n) is 1.21. The molecule has 0 saturated carbocycles. The zero-order valence-electron chi connectivity index (χ0n) is 8.90. The zero-order chi connectivity index (χ0) is 10.4. The van der Waals surface area contributed by atoms with Gasteiger partial charge in [-0.3, -0.25) is 0 Å². The molecule has 78 valence electrons. The fraction of sp³-hybridized carbons (Fsp3) is 0.600. The normalized spacial score (nSPS) is 10.8. The maximum Gasteiger partial charge on any atom is 0.128 e. The van der Waals surface area contributed by atoms with Crippen LogP contribution in [0.3, 0.4) is 0 Å². The summed E-state index contributed by atoms with van der Waals surface area (Å²) >= 11 is 0. The number of nitrogens with zero attached hydrogens (tertiary/aromatic N) is 3. The Kier molecular flexibility index (Phi) is 4.32. The number of unbranched alkanes of at least 4 members (excludes halogenated alkanes) is 1. The van der Waals surface area contributed by atoms with Crippen molar-refractivity contribution in [1.29, 1.82) is 0 Å². The quantitative estimate of drug-likeness (QED) is 0.709. The van der Waals surface area contributed by atoms with Crippen LogP contribution in [0.2, 0.25) is 0 Å². The molecular formula is C10H18N4. The molecule has 1 heterocycles. The van der Waals surface area contributed by atoms with Gasteiger partial charge in [0.25, 0.3) is 0 Å². The standard InChI is InChI=1S/C10H18N4/c1-14(2)6-4-3-5-10-12-7-9(11)8-13-10/h7-8H,3-6,11H2,1-2H3. The third kappa shape index (κ3) is 4.18. The van der Waals surface area contributed by atoms with Gasteiger partial charge in [0.05, 0.1) is 18.1 Å². The molecule has 0 radical (unpaired) electrons.